The fraction of sp³-hybridized carbons (Fsp3) is 0.294. The number of rotatable bonds is 8. The summed E-state index contributed by atoms with van der Waals surface area (Å²) in [6.07, 6.45) is 0. The number of hydrogen-bond acceptors (Lipinski definition) is 6. The van der Waals surface area contributed by atoms with Crippen LogP contribution in [0.5, 0.6) is 0 Å². The number of methoxy groups -OCH3 is 1. The third-order valence-corrected chi connectivity index (χ3v) is 6.01. The molecule has 0 fully saturated rings. The van der Waals surface area contributed by atoms with Crippen LogP contribution in [0.3, 0.4) is 0 Å². The highest BCUT2D eigenvalue weighted by Crippen LogP contribution is 2.36. The number of nitrogens with zero attached hydrogens (tertiary/aromatic N) is 1. The molecule has 2 N–H and O–H groups in total. The van der Waals surface area contributed by atoms with Gasteiger partial charge in [-0.05, 0) is 29.8 Å². The van der Waals surface area contributed by atoms with Gasteiger partial charge in [0.2, 0.25) is 5.91 Å². The number of thioether (sulfide) groups is 1. The van der Waals surface area contributed by atoms with E-state index >= 15 is 0 Å². The lowest BCUT2D eigenvalue weighted by atomic mass is 10.2. The minimum atomic E-state index is -0.0266. The summed E-state index contributed by atoms with van der Waals surface area (Å²) in [5.41, 5.74) is 1.95. The maximum absolute atomic E-state index is 12.0. The molecule has 0 aliphatic heterocycles. The molecule has 132 valence electrons. The molecule has 0 aromatic carbocycles. The van der Waals surface area contributed by atoms with E-state index in [-0.39, 0.29) is 11.9 Å². The van der Waals surface area contributed by atoms with Crippen molar-refractivity contribution < 1.29 is 9.53 Å². The molecule has 0 saturated heterocycles. The van der Waals surface area contributed by atoms with Gasteiger partial charge in [0, 0.05) is 13.2 Å². The number of nitrogens with one attached hydrogen (secondary N) is 2. The van der Waals surface area contributed by atoms with Gasteiger partial charge in [-0.25, -0.2) is 4.98 Å². The number of hydrogen-bond donors (Lipinski definition) is 2. The van der Waals surface area contributed by atoms with Crippen molar-refractivity contribution in [3.05, 3.63) is 35.0 Å². The molecule has 8 heteroatoms. The summed E-state index contributed by atoms with van der Waals surface area (Å²) in [6, 6.07) is 8.17. The number of carbonyl (C=O) groups excluding carboxylic acids is 1. The van der Waals surface area contributed by atoms with E-state index < -0.39 is 0 Å². The Morgan fingerprint density at radius 1 is 1.32 bits per heavy atom. The fourth-order valence-electron chi connectivity index (χ4n) is 2.35. The third-order valence-electron chi connectivity index (χ3n) is 3.37. The van der Waals surface area contributed by atoms with Crippen molar-refractivity contribution in [2.75, 3.05) is 19.5 Å². The summed E-state index contributed by atoms with van der Waals surface area (Å²) < 4.78 is 5.03. The summed E-state index contributed by atoms with van der Waals surface area (Å²) in [6.45, 7) is 2.42. The highest BCUT2D eigenvalue weighted by Gasteiger charge is 2.17. The van der Waals surface area contributed by atoms with Crippen molar-refractivity contribution in [1.29, 1.82) is 0 Å². The van der Waals surface area contributed by atoms with E-state index in [2.05, 4.69) is 22.4 Å². The number of ether oxygens (including phenoxy) is 1. The van der Waals surface area contributed by atoms with Crippen LogP contribution in [0.2, 0.25) is 0 Å². The van der Waals surface area contributed by atoms with Crippen LogP contribution in [0, 0.1) is 0 Å². The lowest BCUT2D eigenvalue weighted by Crippen LogP contribution is -2.36. The molecule has 1 atom stereocenters. The predicted molar refractivity (Wildman–Crippen MR) is 105 cm³/mol. The molecule has 0 aliphatic carbocycles. The maximum atomic E-state index is 12.0. The summed E-state index contributed by atoms with van der Waals surface area (Å²) in [5.74, 6) is 0.288. The van der Waals surface area contributed by atoms with E-state index in [4.69, 9.17) is 9.72 Å². The van der Waals surface area contributed by atoms with Gasteiger partial charge < -0.3 is 15.0 Å². The first kappa shape index (κ1) is 18.2. The summed E-state index contributed by atoms with van der Waals surface area (Å²) in [7, 11) is 1.62. The number of carbonyl (C=O) groups is 1. The van der Waals surface area contributed by atoms with E-state index in [1.54, 1.807) is 29.8 Å². The first-order valence-electron chi connectivity index (χ1n) is 7.76. The molecule has 0 spiro atoms. The molecule has 0 aliphatic rings. The molecular formula is C17H19N3O2S3. The topological polar surface area (TPSA) is 67.0 Å². The molecule has 3 rings (SSSR count). The van der Waals surface area contributed by atoms with Gasteiger partial charge in [0.25, 0.3) is 0 Å². The number of amides is 1. The van der Waals surface area contributed by atoms with Crippen molar-refractivity contribution >= 4 is 40.3 Å². The van der Waals surface area contributed by atoms with Crippen molar-refractivity contribution in [3.8, 4) is 21.1 Å². The number of aromatic nitrogens is 2. The van der Waals surface area contributed by atoms with Crippen LogP contribution in [0.25, 0.3) is 21.1 Å². The Balaban J connectivity index is 1.72. The lowest BCUT2D eigenvalue weighted by Gasteiger charge is -2.11. The van der Waals surface area contributed by atoms with Crippen molar-refractivity contribution in [2.45, 2.75) is 18.1 Å². The van der Waals surface area contributed by atoms with Crippen LogP contribution in [0.4, 0.5) is 0 Å². The number of imidazole rings is 1. The average Bonchev–Trinajstić information content (AvgIpc) is 3.32. The predicted octanol–water partition coefficient (Wildman–Crippen LogP) is 4.11. The minimum absolute atomic E-state index is 0.00180. The molecular weight excluding hydrogens is 374 g/mol. The molecule has 3 aromatic rings. The summed E-state index contributed by atoms with van der Waals surface area (Å²) >= 11 is 4.74. The van der Waals surface area contributed by atoms with Crippen LogP contribution in [0.15, 0.2) is 40.2 Å². The highest BCUT2D eigenvalue weighted by molar-refractivity contribution is 7.99. The molecule has 0 radical (unpaired) electrons. The zero-order valence-corrected chi connectivity index (χ0v) is 16.4. The molecule has 0 unspecified atom stereocenters. The number of H-pyrrole nitrogens is 1. The van der Waals surface area contributed by atoms with Gasteiger partial charge in [-0.1, -0.05) is 23.9 Å². The van der Waals surface area contributed by atoms with Crippen LogP contribution < -0.4 is 5.32 Å². The van der Waals surface area contributed by atoms with Gasteiger partial charge in [-0.15, -0.1) is 22.7 Å². The highest BCUT2D eigenvalue weighted by atomic mass is 32.2. The molecule has 0 bridgehead atoms. The third kappa shape index (κ3) is 4.72. The quantitative estimate of drug-likeness (QED) is 0.565. The average molecular weight is 394 g/mol. The zero-order chi connectivity index (χ0) is 17.6. The SMILES string of the molecule is COC[C@H](C)NC(=O)CSc1nc(-c2cccs2)c(-c2cccs2)[nH]1. The smallest absolute Gasteiger partial charge is 0.230 e. The molecule has 3 heterocycles. The standard InChI is InChI=1S/C17H19N3O2S3/c1-11(9-22-2)18-14(21)10-25-17-19-15(12-5-3-7-23-12)16(20-17)13-6-4-8-24-13/h3-8,11H,9-10H2,1-2H3,(H,18,21)(H,19,20)/t11-/m0/s1. The fourth-order valence-corrected chi connectivity index (χ4v) is 4.48. The second-order valence-electron chi connectivity index (χ2n) is 5.43. The molecule has 1 amide bonds. The normalized spacial score (nSPS) is 12.2. The Morgan fingerprint density at radius 3 is 2.68 bits per heavy atom. The van der Waals surface area contributed by atoms with E-state index in [0.717, 1.165) is 26.3 Å². The van der Waals surface area contributed by atoms with Crippen molar-refractivity contribution in [1.82, 2.24) is 15.3 Å². The molecule has 25 heavy (non-hydrogen) atoms. The Bertz CT molecular complexity index is 746. The van der Waals surface area contributed by atoms with Gasteiger partial charge in [0.1, 0.15) is 5.69 Å². The summed E-state index contributed by atoms with van der Waals surface area (Å²) in [4.78, 5) is 22.4. The van der Waals surface area contributed by atoms with E-state index in [1.807, 2.05) is 29.8 Å². The second-order valence-corrected chi connectivity index (χ2v) is 8.29. The lowest BCUT2D eigenvalue weighted by molar-refractivity contribution is -0.119. The Labute approximate surface area is 158 Å². The van der Waals surface area contributed by atoms with E-state index in [0.29, 0.717) is 12.4 Å². The molecule has 0 saturated carbocycles. The largest absolute Gasteiger partial charge is 0.383 e. The maximum Gasteiger partial charge on any atom is 0.230 e. The first-order valence-corrected chi connectivity index (χ1v) is 10.5. The summed E-state index contributed by atoms with van der Waals surface area (Å²) in [5, 5.41) is 7.75. The van der Waals surface area contributed by atoms with Crippen molar-refractivity contribution in [3.63, 3.8) is 0 Å². The van der Waals surface area contributed by atoms with Gasteiger partial charge in [-0.3, -0.25) is 4.79 Å². The Morgan fingerprint density at radius 2 is 2.04 bits per heavy atom. The monoisotopic (exact) mass is 393 g/mol. The Hall–Kier alpha value is -1.61. The van der Waals surface area contributed by atoms with Gasteiger partial charge in [-0.2, -0.15) is 0 Å². The van der Waals surface area contributed by atoms with Crippen LogP contribution in [0.1, 0.15) is 6.92 Å². The van der Waals surface area contributed by atoms with E-state index in [9.17, 15) is 4.79 Å². The molecule has 3 aromatic heterocycles. The minimum Gasteiger partial charge on any atom is -0.383 e. The van der Waals surface area contributed by atoms with E-state index in [1.165, 1.54) is 11.8 Å². The Kier molecular flexibility index (Phi) is 6.30. The van der Waals surface area contributed by atoms with Crippen LogP contribution >= 0.6 is 34.4 Å². The first-order chi connectivity index (χ1) is 12.2. The second kappa shape index (κ2) is 8.66. The van der Waals surface area contributed by atoms with Gasteiger partial charge in [0.15, 0.2) is 5.16 Å². The zero-order valence-electron chi connectivity index (χ0n) is 13.9. The number of aromatic amines is 1. The van der Waals surface area contributed by atoms with Gasteiger partial charge in [0.05, 0.1) is 27.8 Å². The van der Waals surface area contributed by atoms with Gasteiger partial charge >= 0.3 is 0 Å². The van der Waals surface area contributed by atoms with Crippen molar-refractivity contribution in [2.24, 2.45) is 0 Å². The number of thiophene rings is 2. The van der Waals surface area contributed by atoms with Crippen LogP contribution in [-0.4, -0.2) is 41.4 Å². The molecule has 5 nitrogen and oxygen atoms in total. The van der Waals surface area contributed by atoms with Crippen LogP contribution in [-0.2, 0) is 9.53 Å².